The summed E-state index contributed by atoms with van der Waals surface area (Å²) in [5.41, 5.74) is -2.16. The summed E-state index contributed by atoms with van der Waals surface area (Å²) in [5.74, 6) is -3.64. The maximum atomic E-state index is 15.3. The summed E-state index contributed by atoms with van der Waals surface area (Å²) in [5, 5.41) is 18.8. The van der Waals surface area contributed by atoms with Gasteiger partial charge in [0.1, 0.15) is 17.4 Å². The van der Waals surface area contributed by atoms with Gasteiger partial charge in [-0.15, -0.1) is 0 Å². The van der Waals surface area contributed by atoms with Crippen LogP contribution < -0.4 is 20.3 Å². The summed E-state index contributed by atoms with van der Waals surface area (Å²) in [7, 11) is -4.16. The van der Waals surface area contributed by atoms with E-state index in [0.29, 0.717) is 44.6 Å². The van der Waals surface area contributed by atoms with Crippen LogP contribution in [-0.4, -0.2) is 118 Å². The van der Waals surface area contributed by atoms with E-state index in [0.717, 1.165) is 42.1 Å². The number of carbonyl (C=O) groups is 4. The van der Waals surface area contributed by atoms with Crippen LogP contribution in [0.15, 0.2) is 59.9 Å². The zero-order chi connectivity index (χ0) is 44.4. The summed E-state index contributed by atoms with van der Waals surface area (Å²) < 4.78 is 87.0. The molecular formula is C40H42F4N10O7S. The standard InChI is InChI=1S/C40H42F4N10O7S/c1-38(2,59)20-53-19-23(17-46-53)33-26(40(42,43)44)18-45-37(50-33)48-28-7-6-24(16-27(28)41)62(60,61)47-12-15-51-13-10-39(11-14-51)21-52(22-39)29-5-3-4-25-32(29)36(58)54(35(25)57)30-8-9-31(55)49-34(30)56/h3-7,16-19,30,47,59H,8-15,20-22H2,1-2H3,(H,45,48,50)(H,49,55,56). The molecule has 1 spiro atoms. The quantitative estimate of drug-likeness (QED) is 0.119. The van der Waals surface area contributed by atoms with Crippen LogP contribution in [0.25, 0.3) is 11.3 Å². The maximum absolute atomic E-state index is 15.3. The summed E-state index contributed by atoms with van der Waals surface area (Å²) >= 11 is 0. The van der Waals surface area contributed by atoms with Crippen molar-refractivity contribution >= 4 is 51.0 Å². The molecule has 17 nitrogen and oxygen atoms in total. The average Bonchev–Trinajstić information content (AvgIpc) is 3.74. The molecule has 62 heavy (non-hydrogen) atoms. The van der Waals surface area contributed by atoms with Gasteiger partial charge in [0.05, 0.1) is 51.4 Å². The molecule has 4 amide bonds. The number of nitrogens with zero attached hydrogens (tertiary/aromatic N) is 7. The predicted molar refractivity (Wildman–Crippen MR) is 213 cm³/mol. The second kappa shape index (κ2) is 15.8. The van der Waals surface area contributed by atoms with Crippen molar-refractivity contribution in [2.24, 2.45) is 5.41 Å². The lowest BCUT2D eigenvalue weighted by Gasteiger charge is -2.55. The van der Waals surface area contributed by atoms with Gasteiger partial charge in [-0.05, 0) is 76.5 Å². The number of fused-ring (bicyclic) bond motifs is 1. The van der Waals surface area contributed by atoms with E-state index < -0.39 is 68.5 Å². The summed E-state index contributed by atoms with van der Waals surface area (Å²) in [6, 6.07) is 7.03. The minimum Gasteiger partial charge on any atom is -0.389 e. The molecule has 1 unspecified atom stereocenters. The molecule has 2 aromatic carbocycles. The largest absolute Gasteiger partial charge is 0.419 e. The number of halogens is 4. The first-order chi connectivity index (χ1) is 29.2. The van der Waals surface area contributed by atoms with Crippen molar-refractivity contribution in [3.63, 3.8) is 0 Å². The zero-order valence-electron chi connectivity index (χ0n) is 33.5. The minimum atomic E-state index is -4.83. The first-order valence-electron chi connectivity index (χ1n) is 19.8. The van der Waals surface area contributed by atoms with Gasteiger partial charge in [0.2, 0.25) is 27.8 Å². The first-order valence-corrected chi connectivity index (χ1v) is 21.3. The lowest BCUT2D eigenvalue weighted by atomic mass is 9.71. The number of imide groups is 2. The first kappa shape index (κ1) is 42.8. The number of hydrogen-bond donors (Lipinski definition) is 4. The lowest BCUT2D eigenvalue weighted by Crippen LogP contribution is -2.61. The molecular weight excluding hydrogens is 841 g/mol. The number of anilines is 3. The fourth-order valence-corrected chi connectivity index (χ4v) is 9.44. The monoisotopic (exact) mass is 882 g/mol. The Bertz CT molecular complexity index is 2580. The van der Waals surface area contributed by atoms with E-state index in [1.54, 1.807) is 18.2 Å². The van der Waals surface area contributed by atoms with Crippen LogP contribution in [0, 0.1) is 11.2 Å². The average molecular weight is 883 g/mol. The molecule has 3 saturated heterocycles. The number of piperidine rings is 2. The number of benzene rings is 2. The van der Waals surface area contributed by atoms with Crippen molar-refractivity contribution in [1.82, 2.24) is 39.6 Å². The number of rotatable bonds is 12. The normalized spacial score (nSPS) is 19.5. The van der Waals surface area contributed by atoms with Gasteiger partial charge in [-0.1, -0.05) is 6.07 Å². The summed E-state index contributed by atoms with van der Waals surface area (Å²) in [6.45, 7) is 6.06. The van der Waals surface area contributed by atoms with Gasteiger partial charge >= 0.3 is 6.18 Å². The molecule has 4 N–H and O–H groups in total. The third kappa shape index (κ3) is 8.50. The Labute approximate surface area is 352 Å². The third-order valence-electron chi connectivity index (χ3n) is 11.5. The second-order valence-corrected chi connectivity index (χ2v) is 18.5. The van der Waals surface area contributed by atoms with Gasteiger partial charge in [-0.25, -0.2) is 27.5 Å². The molecule has 0 aliphatic carbocycles. The number of sulfonamides is 1. The van der Waals surface area contributed by atoms with Gasteiger partial charge in [0.15, 0.2) is 0 Å². The van der Waals surface area contributed by atoms with Crippen LogP contribution in [0.5, 0.6) is 0 Å². The van der Waals surface area contributed by atoms with E-state index in [9.17, 15) is 45.9 Å². The molecule has 3 fully saturated rings. The number of alkyl halides is 3. The molecule has 6 heterocycles. The molecule has 4 aromatic rings. The molecule has 8 rings (SSSR count). The van der Waals surface area contributed by atoms with Crippen molar-refractivity contribution in [1.29, 1.82) is 0 Å². The van der Waals surface area contributed by atoms with Gasteiger partial charge in [0, 0.05) is 56.0 Å². The van der Waals surface area contributed by atoms with Crippen molar-refractivity contribution in [3.05, 3.63) is 77.5 Å². The Balaban J connectivity index is 0.841. The Hall–Kier alpha value is -5.84. The second-order valence-electron chi connectivity index (χ2n) is 16.7. The predicted octanol–water partition coefficient (Wildman–Crippen LogP) is 3.29. The number of likely N-dealkylation sites (tertiary alicyclic amines) is 1. The molecule has 22 heteroatoms. The Morgan fingerprint density at radius 3 is 2.44 bits per heavy atom. The minimum absolute atomic E-state index is 0.00833. The molecule has 0 bridgehead atoms. The number of aliphatic hydroxyl groups is 1. The smallest absolute Gasteiger partial charge is 0.389 e. The highest BCUT2D eigenvalue weighted by Crippen LogP contribution is 2.45. The van der Waals surface area contributed by atoms with Crippen LogP contribution in [0.4, 0.5) is 34.9 Å². The zero-order valence-corrected chi connectivity index (χ0v) is 34.3. The van der Waals surface area contributed by atoms with Crippen molar-refractivity contribution in [3.8, 4) is 11.3 Å². The number of nitrogens with one attached hydrogen (secondary N) is 3. The molecule has 328 valence electrons. The van der Waals surface area contributed by atoms with Crippen LogP contribution >= 0.6 is 0 Å². The summed E-state index contributed by atoms with van der Waals surface area (Å²) in [4.78, 5) is 63.5. The highest BCUT2D eigenvalue weighted by atomic mass is 32.2. The van der Waals surface area contributed by atoms with E-state index in [2.05, 4.69) is 35.3 Å². The van der Waals surface area contributed by atoms with Crippen LogP contribution in [0.3, 0.4) is 0 Å². The van der Waals surface area contributed by atoms with E-state index in [1.807, 2.05) is 4.90 Å². The van der Waals surface area contributed by atoms with Crippen LogP contribution in [-0.2, 0) is 32.3 Å². The maximum Gasteiger partial charge on any atom is 0.419 e. The van der Waals surface area contributed by atoms with Crippen LogP contribution in [0.1, 0.15) is 65.8 Å². The third-order valence-corrected chi connectivity index (χ3v) is 13.0. The fourth-order valence-electron chi connectivity index (χ4n) is 8.41. The van der Waals surface area contributed by atoms with Crippen molar-refractivity contribution < 1.29 is 50.3 Å². The molecule has 0 saturated carbocycles. The van der Waals surface area contributed by atoms with Gasteiger partial charge in [-0.2, -0.15) is 18.3 Å². The fraction of sp³-hybridized carbons (Fsp3) is 0.425. The molecule has 1 atom stereocenters. The van der Waals surface area contributed by atoms with Gasteiger partial charge in [-0.3, -0.25) is 34.1 Å². The van der Waals surface area contributed by atoms with E-state index in [1.165, 1.54) is 24.7 Å². The van der Waals surface area contributed by atoms with Crippen LogP contribution in [0.2, 0.25) is 0 Å². The molecule has 0 radical (unpaired) electrons. The molecule has 2 aromatic heterocycles. The number of carbonyl (C=O) groups excluding carboxylic acids is 4. The number of amides is 4. The molecule has 4 aliphatic heterocycles. The van der Waals surface area contributed by atoms with Crippen molar-refractivity contribution in [2.75, 3.05) is 49.5 Å². The highest BCUT2D eigenvalue weighted by molar-refractivity contribution is 7.89. The Kier molecular flexibility index (Phi) is 10.9. The molecule has 4 aliphatic rings. The summed E-state index contributed by atoms with van der Waals surface area (Å²) in [6.07, 6.45) is -0.152. The van der Waals surface area contributed by atoms with Crippen molar-refractivity contribution in [2.45, 2.75) is 68.8 Å². The van der Waals surface area contributed by atoms with Gasteiger partial charge in [0.25, 0.3) is 11.8 Å². The Morgan fingerprint density at radius 1 is 1.02 bits per heavy atom. The highest BCUT2D eigenvalue weighted by Gasteiger charge is 2.50. The number of aromatic nitrogens is 4. The van der Waals surface area contributed by atoms with E-state index in [-0.39, 0.29) is 64.6 Å². The van der Waals surface area contributed by atoms with E-state index >= 15 is 4.39 Å². The number of hydrogen-bond acceptors (Lipinski definition) is 13. The SMILES string of the molecule is CC(C)(O)Cn1cc(-c2nc(Nc3ccc(S(=O)(=O)NCCN4CCC5(CC4)CN(c4cccc6c4C(=O)N(C4CCC(=O)NC4=O)C6=O)C5)cc3F)ncc2C(F)(F)F)cn1. The Morgan fingerprint density at radius 2 is 1.76 bits per heavy atom. The lowest BCUT2D eigenvalue weighted by molar-refractivity contribution is -0.138. The topological polar surface area (TPSA) is 212 Å². The van der Waals surface area contributed by atoms with Gasteiger partial charge < -0.3 is 20.2 Å². The van der Waals surface area contributed by atoms with E-state index in [4.69, 9.17) is 0 Å².